The zero-order valence-corrected chi connectivity index (χ0v) is 15.3. The number of unbranched alkanes of at least 4 members (excludes halogenated alkanes) is 5. The average molecular weight is 444 g/mol. The Morgan fingerprint density at radius 1 is 1.17 bits per heavy atom. The molecule has 18 heavy (non-hydrogen) atoms. The molecule has 0 aromatic heterocycles. The van der Waals surface area contributed by atoms with E-state index >= 15 is 0 Å². The third-order valence-corrected chi connectivity index (χ3v) is 4.28. The van der Waals surface area contributed by atoms with Crippen LogP contribution in [-0.2, 0) is 4.79 Å². The second kappa shape index (κ2) is 8.54. The molecule has 1 rings (SSSR count). The van der Waals surface area contributed by atoms with Gasteiger partial charge in [-0.05, 0) is 54.2 Å². The van der Waals surface area contributed by atoms with E-state index in [4.69, 9.17) is 0 Å². The Labute approximate surface area is 134 Å². The molecule has 0 aliphatic carbocycles. The van der Waals surface area contributed by atoms with Crippen molar-refractivity contribution in [2.24, 2.45) is 0 Å². The lowest BCUT2D eigenvalue weighted by Crippen LogP contribution is -2.25. The largest absolute Gasteiger partial charge is 0.306 e. The molecule has 0 saturated heterocycles. The van der Waals surface area contributed by atoms with Crippen LogP contribution in [0, 0.1) is 0 Å². The van der Waals surface area contributed by atoms with Crippen LogP contribution in [0.4, 0.5) is 0 Å². The van der Waals surface area contributed by atoms with Crippen molar-refractivity contribution in [1.82, 2.24) is 4.90 Å². The Hall–Kier alpha value is 0.390. The van der Waals surface area contributed by atoms with Crippen molar-refractivity contribution >= 4 is 53.7 Å². The Kier molecular flexibility index (Phi) is 7.80. The minimum absolute atomic E-state index is 0.0573. The molecule has 0 spiro atoms. The summed E-state index contributed by atoms with van der Waals surface area (Å²) in [6, 6.07) is 0. The summed E-state index contributed by atoms with van der Waals surface area (Å²) in [6.45, 7) is 3.00. The highest BCUT2D eigenvalue weighted by Crippen LogP contribution is 2.35. The molecular formula is C13H18Br3NO. The zero-order chi connectivity index (χ0) is 13.5. The fourth-order valence-electron chi connectivity index (χ4n) is 1.96. The first-order chi connectivity index (χ1) is 8.57. The predicted molar refractivity (Wildman–Crippen MR) is 87.0 cm³/mol. The molecule has 0 saturated carbocycles. The molecule has 1 amide bonds. The fraction of sp³-hybridized carbons (Fsp3) is 0.615. The molecule has 0 fully saturated rings. The minimum Gasteiger partial charge on any atom is -0.306 e. The van der Waals surface area contributed by atoms with Gasteiger partial charge in [0.15, 0.2) is 0 Å². The van der Waals surface area contributed by atoms with Crippen molar-refractivity contribution in [3.8, 4) is 0 Å². The monoisotopic (exact) mass is 441 g/mol. The number of halogens is 3. The van der Waals surface area contributed by atoms with Crippen molar-refractivity contribution in [2.45, 2.75) is 45.4 Å². The van der Waals surface area contributed by atoms with E-state index in [0.717, 1.165) is 26.5 Å². The van der Waals surface area contributed by atoms with E-state index in [9.17, 15) is 4.79 Å². The molecule has 1 aliphatic heterocycles. The summed E-state index contributed by atoms with van der Waals surface area (Å²) < 4.78 is 1.65. The molecule has 0 radical (unpaired) electrons. The van der Waals surface area contributed by atoms with E-state index in [2.05, 4.69) is 54.7 Å². The molecule has 0 atom stereocenters. The van der Waals surface area contributed by atoms with E-state index in [1.807, 2.05) is 4.90 Å². The summed E-state index contributed by atoms with van der Waals surface area (Å²) in [6.07, 6.45) is 9.01. The second-order valence-corrected chi connectivity index (χ2v) is 7.86. The molecule has 0 unspecified atom stereocenters. The lowest BCUT2D eigenvalue weighted by Gasteiger charge is -2.19. The second-order valence-electron chi connectivity index (χ2n) is 4.36. The number of carbonyl (C=O) groups is 1. The maximum Gasteiger partial charge on any atom is 0.252 e. The number of nitrogens with zero attached hydrogens (tertiary/aromatic N) is 1. The number of hydrogen-bond acceptors (Lipinski definition) is 1. The third kappa shape index (κ3) is 4.82. The SMILES string of the molecule is CCCCCCCCN1C(=O)C=C(Br)C1=C(Br)Br. The Morgan fingerprint density at radius 2 is 1.78 bits per heavy atom. The van der Waals surface area contributed by atoms with Crippen molar-refractivity contribution in [1.29, 1.82) is 0 Å². The molecule has 5 heteroatoms. The van der Waals surface area contributed by atoms with Crippen molar-refractivity contribution in [3.63, 3.8) is 0 Å². The van der Waals surface area contributed by atoms with E-state index in [1.54, 1.807) is 6.08 Å². The van der Waals surface area contributed by atoms with Crippen molar-refractivity contribution in [3.05, 3.63) is 19.6 Å². The fourth-order valence-corrected chi connectivity index (χ4v) is 3.95. The van der Waals surface area contributed by atoms with Gasteiger partial charge in [0.25, 0.3) is 5.91 Å². The first kappa shape index (κ1) is 16.4. The lowest BCUT2D eigenvalue weighted by molar-refractivity contribution is -0.123. The highest BCUT2D eigenvalue weighted by molar-refractivity contribution is 9.28. The Bertz CT molecular complexity index is 359. The quantitative estimate of drug-likeness (QED) is 0.480. The number of carbonyl (C=O) groups excluding carboxylic acids is 1. The van der Waals surface area contributed by atoms with E-state index in [1.165, 1.54) is 32.1 Å². The summed E-state index contributed by atoms with van der Waals surface area (Å²) in [7, 11) is 0. The molecule has 0 N–H and O–H groups in total. The minimum atomic E-state index is 0.0573. The average Bonchev–Trinajstić information content (AvgIpc) is 2.58. The van der Waals surface area contributed by atoms with Crippen LogP contribution in [0.5, 0.6) is 0 Å². The summed E-state index contributed by atoms with van der Waals surface area (Å²) in [4.78, 5) is 13.6. The molecule has 102 valence electrons. The van der Waals surface area contributed by atoms with E-state index in [-0.39, 0.29) is 5.91 Å². The molecule has 1 aliphatic rings. The zero-order valence-electron chi connectivity index (χ0n) is 10.5. The molecule has 1 heterocycles. The van der Waals surface area contributed by atoms with Crippen LogP contribution in [0.3, 0.4) is 0 Å². The lowest BCUT2D eigenvalue weighted by atomic mass is 10.1. The van der Waals surface area contributed by atoms with Gasteiger partial charge in [-0.3, -0.25) is 4.79 Å². The summed E-state index contributed by atoms with van der Waals surface area (Å²) >= 11 is 10.2. The summed E-state index contributed by atoms with van der Waals surface area (Å²) in [5.74, 6) is 0.0573. The van der Waals surface area contributed by atoms with Crippen LogP contribution in [-0.4, -0.2) is 17.4 Å². The van der Waals surface area contributed by atoms with Crippen LogP contribution in [0.15, 0.2) is 19.6 Å². The van der Waals surface area contributed by atoms with Crippen molar-refractivity contribution < 1.29 is 4.79 Å². The topological polar surface area (TPSA) is 20.3 Å². The molecule has 0 bridgehead atoms. The number of rotatable bonds is 7. The van der Waals surface area contributed by atoms with E-state index < -0.39 is 0 Å². The van der Waals surface area contributed by atoms with Gasteiger partial charge in [0.2, 0.25) is 0 Å². The van der Waals surface area contributed by atoms with Crippen LogP contribution >= 0.6 is 47.8 Å². The van der Waals surface area contributed by atoms with Crippen molar-refractivity contribution in [2.75, 3.05) is 6.54 Å². The molecule has 2 nitrogen and oxygen atoms in total. The van der Waals surface area contributed by atoms with Gasteiger partial charge in [0, 0.05) is 17.1 Å². The van der Waals surface area contributed by atoms with Gasteiger partial charge in [-0.15, -0.1) is 0 Å². The highest BCUT2D eigenvalue weighted by Gasteiger charge is 2.27. The van der Waals surface area contributed by atoms with Gasteiger partial charge in [-0.25, -0.2) is 0 Å². The summed E-state index contributed by atoms with van der Waals surface area (Å²) in [5.41, 5.74) is 0.897. The Balaban J connectivity index is 2.38. The van der Waals surface area contributed by atoms with Crippen LogP contribution in [0.1, 0.15) is 45.4 Å². The number of allylic oxidation sites excluding steroid dienone is 1. The first-order valence-electron chi connectivity index (χ1n) is 6.32. The van der Waals surface area contributed by atoms with Crippen LogP contribution in [0.25, 0.3) is 0 Å². The predicted octanol–water partition coefficient (Wildman–Crippen LogP) is 5.43. The van der Waals surface area contributed by atoms with E-state index in [0.29, 0.717) is 0 Å². The van der Waals surface area contributed by atoms with Gasteiger partial charge in [-0.1, -0.05) is 39.0 Å². The maximum atomic E-state index is 11.8. The van der Waals surface area contributed by atoms with Crippen LogP contribution in [0.2, 0.25) is 0 Å². The summed E-state index contributed by atoms with van der Waals surface area (Å²) in [5, 5.41) is 0. The van der Waals surface area contributed by atoms with Gasteiger partial charge in [-0.2, -0.15) is 0 Å². The van der Waals surface area contributed by atoms with Gasteiger partial charge in [0.1, 0.15) is 0 Å². The van der Waals surface area contributed by atoms with Gasteiger partial charge in [0.05, 0.1) is 9.09 Å². The highest BCUT2D eigenvalue weighted by atomic mass is 79.9. The number of amides is 1. The smallest absolute Gasteiger partial charge is 0.252 e. The standard InChI is InChI=1S/C13H18Br3NO/c1-2-3-4-5-6-7-8-17-11(18)9-10(14)12(17)13(15)16/h9H,2-8H2,1H3. The normalized spacial score (nSPS) is 15.3. The van der Waals surface area contributed by atoms with Gasteiger partial charge >= 0.3 is 0 Å². The molecule has 0 aromatic rings. The third-order valence-electron chi connectivity index (χ3n) is 2.93. The molecule has 0 aromatic carbocycles. The number of hydrogen-bond donors (Lipinski definition) is 0. The maximum absolute atomic E-state index is 11.8. The first-order valence-corrected chi connectivity index (χ1v) is 8.70. The Morgan fingerprint density at radius 3 is 2.39 bits per heavy atom. The van der Waals surface area contributed by atoms with Gasteiger partial charge < -0.3 is 4.90 Å². The van der Waals surface area contributed by atoms with Crippen LogP contribution < -0.4 is 0 Å². The molecular weight excluding hydrogens is 426 g/mol.